The standard InChI is InChI=1S/C15H20F3NO/c16-15(17,18)10-14(13-4-2-1-3-5-13)19-8-6-12-7-9-20-11-12/h1-5,12,14,19H,6-11H2. The Kier molecular flexibility index (Phi) is 5.43. The van der Waals surface area contributed by atoms with Crippen LogP contribution in [0.5, 0.6) is 0 Å². The SMILES string of the molecule is FC(F)(F)CC(NCCC1CCOC1)c1ccccc1. The van der Waals surface area contributed by atoms with E-state index in [1.165, 1.54) is 0 Å². The van der Waals surface area contributed by atoms with Crippen molar-refractivity contribution in [2.75, 3.05) is 19.8 Å². The molecule has 5 heteroatoms. The molecule has 1 fully saturated rings. The average Bonchev–Trinajstić information content (AvgIpc) is 2.90. The van der Waals surface area contributed by atoms with Gasteiger partial charge < -0.3 is 10.1 Å². The van der Waals surface area contributed by atoms with Crippen molar-refractivity contribution in [2.45, 2.75) is 31.5 Å². The van der Waals surface area contributed by atoms with Gasteiger partial charge in [-0.15, -0.1) is 0 Å². The van der Waals surface area contributed by atoms with Crippen molar-refractivity contribution < 1.29 is 17.9 Å². The van der Waals surface area contributed by atoms with E-state index in [1.54, 1.807) is 24.3 Å². The lowest BCUT2D eigenvalue weighted by Crippen LogP contribution is -2.28. The van der Waals surface area contributed by atoms with Gasteiger partial charge in [-0.2, -0.15) is 13.2 Å². The Bertz CT molecular complexity index is 388. The largest absolute Gasteiger partial charge is 0.390 e. The monoisotopic (exact) mass is 287 g/mol. The summed E-state index contributed by atoms with van der Waals surface area (Å²) in [6.07, 6.45) is -3.12. The molecule has 1 aromatic rings. The van der Waals surface area contributed by atoms with Gasteiger partial charge >= 0.3 is 6.18 Å². The highest BCUT2D eigenvalue weighted by Gasteiger charge is 2.32. The molecule has 0 radical (unpaired) electrons. The number of rotatable bonds is 6. The Labute approximate surface area is 117 Å². The first-order valence-corrected chi connectivity index (χ1v) is 6.97. The molecule has 0 spiro atoms. The smallest absolute Gasteiger partial charge is 0.381 e. The van der Waals surface area contributed by atoms with Crippen LogP contribution < -0.4 is 5.32 Å². The van der Waals surface area contributed by atoms with Crippen LogP contribution in [0.3, 0.4) is 0 Å². The van der Waals surface area contributed by atoms with Gasteiger partial charge in [0.2, 0.25) is 0 Å². The highest BCUT2D eigenvalue weighted by Crippen LogP contribution is 2.29. The quantitative estimate of drug-likeness (QED) is 0.861. The number of alkyl halides is 3. The molecule has 20 heavy (non-hydrogen) atoms. The highest BCUT2D eigenvalue weighted by atomic mass is 19.4. The molecular formula is C15H20F3NO. The summed E-state index contributed by atoms with van der Waals surface area (Å²) in [4.78, 5) is 0. The van der Waals surface area contributed by atoms with E-state index in [2.05, 4.69) is 5.32 Å². The summed E-state index contributed by atoms with van der Waals surface area (Å²) in [5, 5.41) is 3.04. The minimum atomic E-state index is -4.16. The van der Waals surface area contributed by atoms with Crippen LogP contribution in [-0.2, 0) is 4.74 Å². The first-order chi connectivity index (χ1) is 9.54. The molecule has 0 bridgehead atoms. The van der Waals surface area contributed by atoms with E-state index < -0.39 is 18.6 Å². The Morgan fingerprint density at radius 1 is 1.25 bits per heavy atom. The molecule has 2 unspecified atom stereocenters. The van der Waals surface area contributed by atoms with Gasteiger partial charge in [-0.05, 0) is 30.9 Å². The van der Waals surface area contributed by atoms with Crippen LogP contribution in [0.2, 0.25) is 0 Å². The maximum atomic E-state index is 12.7. The Morgan fingerprint density at radius 3 is 2.60 bits per heavy atom. The third-order valence-corrected chi connectivity index (χ3v) is 3.60. The van der Waals surface area contributed by atoms with Crippen molar-refractivity contribution in [1.82, 2.24) is 5.32 Å². The lowest BCUT2D eigenvalue weighted by molar-refractivity contribution is -0.140. The minimum Gasteiger partial charge on any atom is -0.381 e. The highest BCUT2D eigenvalue weighted by molar-refractivity contribution is 5.19. The number of nitrogens with one attached hydrogen (secondary N) is 1. The van der Waals surface area contributed by atoms with Crippen LogP contribution in [0, 0.1) is 5.92 Å². The van der Waals surface area contributed by atoms with E-state index in [1.807, 2.05) is 6.07 Å². The van der Waals surface area contributed by atoms with E-state index in [0.29, 0.717) is 18.0 Å². The van der Waals surface area contributed by atoms with Crippen LogP contribution in [0.25, 0.3) is 0 Å². The molecule has 1 aliphatic heterocycles. The number of hydrogen-bond acceptors (Lipinski definition) is 2. The number of benzene rings is 1. The molecule has 1 aliphatic rings. The molecule has 1 N–H and O–H groups in total. The second-order valence-electron chi connectivity index (χ2n) is 5.25. The summed E-state index contributed by atoms with van der Waals surface area (Å²) in [5.41, 5.74) is 0.687. The Balaban J connectivity index is 1.88. The van der Waals surface area contributed by atoms with Gasteiger partial charge in [0, 0.05) is 19.3 Å². The maximum Gasteiger partial charge on any atom is 0.390 e. The van der Waals surface area contributed by atoms with Crippen molar-refractivity contribution in [2.24, 2.45) is 5.92 Å². The third-order valence-electron chi connectivity index (χ3n) is 3.60. The van der Waals surface area contributed by atoms with E-state index in [0.717, 1.165) is 26.1 Å². The maximum absolute atomic E-state index is 12.7. The van der Waals surface area contributed by atoms with E-state index in [9.17, 15) is 13.2 Å². The van der Waals surface area contributed by atoms with Crippen LogP contribution >= 0.6 is 0 Å². The Morgan fingerprint density at radius 2 is 2.00 bits per heavy atom. The lowest BCUT2D eigenvalue weighted by atomic mass is 10.0. The molecule has 0 aliphatic carbocycles. The molecule has 0 aromatic heterocycles. The summed E-state index contributed by atoms with van der Waals surface area (Å²) >= 11 is 0. The molecular weight excluding hydrogens is 267 g/mol. The number of ether oxygens (including phenoxy) is 1. The van der Waals surface area contributed by atoms with Gasteiger partial charge in [0.1, 0.15) is 0 Å². The van der Waals surface area contributed by atoms with Crippen LogP contribution in [0.1, 0.15) is 30.9 Å². The molecule has 0 amide bonds. The van der Waals surface area contributed by atoms with Crippen molar-refractivity contribution in [3.05, 3.63) is 35.9 Å². The van der Waals surface area contributed by atoms with Gasteiger partial charge in [0.25, 0.3) is 0 Å². The second kappa shape index (κ2) is 7.09. The first-order valence-electron chi connectivity index (χ1n) is 6.97. The predicted octanol–water partition coefficient (Wildman–Crippen LogP) is 3.70. The van der Waals surface area contributed by atoms with Gasteiger partial charge in [-0.3, -0.25) is 0 Å². The summed E-state index contributed by atoms with van der Waals surface area (Å²) in [5.74, 6) is 0.477. The van der Waals surface area contributed by atoms with E-state index in [-0.39, 0.29) is 0 Å². The summed E-state index contributed by atoms with van der Waals surface area (Å²) < 4.78 is 43.3. The van der Waals surface area contributed by atoms with E-state index >= 15 is 0 Å². The topological polar surface area (TPSA) is 21.3 Å². The van der Waals surface area contributed by atoms with Gasteiger partial charge in [0.05, 0.1) is 6.42 Å². The zero-order valence-electron chi connectivity index (χ0n) is 11.3. The normalized spacial score (nSPS) is 21.1. The number of halogens is 3. The van der Waals surface area contributed by atoms with Crippen molar-refractivity contribution >= 4 is 0 Å². The molecule has 1 aromatic carbocycles. The van der Waals surface area contributed by atoms with Crippen LogP contribution in [0.4, 0.5) is 13.2 Å². The fraction of sp³-hybridized carbons (Fsp3) is 0.600. The fourth-order valence-electron chi connectivity index (χ4n) is 2.50. The number of hydrogen-bond donors (Lipinski definition) is 1. The molecule has 2 nitrogen and oxygen atoms in total. The van der Waals surface area contributed by atoms with Crippen molar-refractivity contribution in [3.63, 3.8) is 0 Å². The lowest BCUT2D eigenvalue weighted by Gasteiger charge is -2.21. The minimum absolute atomic E-state index is 0.477. The summed E-state index contributed by atoms with van der Waals surface area (Å²) in [6.45, 7) is 2.09. The molecule has 1 heterocycles. The first kappa shape index (κ1) is 15.3. The van der Waals surface area contributed by atoms with Crippen molar-refractivity contribution in [1.29, 1.82) is 0 Å². The third kappa shape index (κ3) is 5.13. The van der Waals surface area contributed by atoms with Crippen LogP contribution in [-0.4, -0.2) is 25.9 Å². The Hall–Kier alpha value is -1.07. The van der Waals surface area contributed by atoms with Crippen LogP contribution in [0.15, 0.2) is 30.3 Å². The summed E-state index contributed by atoms with van der Waals surface area (Å²) in [7, 11) is 0. The average molecular weight is 287 g/mol. The van der Waals surface area contributed by atoms with Crippen molar-refractivity contribution in [3.8, 4) is 0 Å². The summed E-state index contributed by atoms with van der Waals surface area (Å²) in [6, 6.07) is 8.16. The second-order valence-corrected chi connectivity index (χ2v) is 5.25. The predicted molar refractivity (Wildman–Crippen MR) is 71.4 cm³/mol. The van der Waals surface area contributed by atoms with E-state index in [4.69, 9.17) is 4.74 Å². The van der Waals surface area contributed by atoms with Gasteiger partial charge in [0.15, 0.2) is 0 Å². The zero-order valence-corrected chi connectivity index (χ0v) is 11.3. The van der Waals surface area contributed by atoms with Gasteiger partial charge in [-0.25, -0.2) is 0 Å². The molecule has 2 rings (SSSR count). The zero-order chi connectivity index (χ0) is 14.4. The fourth-order valence-corrected chi connectivity index (χ4v) is 2.50. The molecule has 1 saturated heterocycles. The molecule has 0 saturated carbocycles. The molecule has 2 atom stereocenters. The van der Waals surface area contributed by atoms with Gasteiger partial charge in [-0.1, -0.05) is 30.3 Å². The molecule has 112 valence electrons.